The summed E-state index contributed by atoms with van der Waals surface area (Å²) in [7, 11) is 2.11. The van der Waals surface area contributed by atoms with Gasteiger partial charge in [-0.2, -0.15) is 0 Å². The van der Waals surface area contributed by atoms with Gasteiger partial charge in [-0.15, -0.1) is 0 Å². The van der Waals surface area contributed by atoms with Crippen molar-refractivity contribution in [3.63, 3.8) is 0 Å². The molecule has 2 aliphatic heterocycles. The van der Waals surface area contributed by atoms with E-state index in [1.807, 2.05) is 0 Å². The van der Waals surface area contributed by atoms with Gasteiger partial charge in [0.1, 0.15) is 11.6 Å². The number of hydrogen-bond donors (Lipinski definition) is 0. The second kappa shape index (κ2) is 8.87. The third-order valence-electron chi connectivity index (χ3n) is 7.39. The Bertz CT molecular complexity index is 681. The van der Waals surface area contributed by atoms with Crippen LogP contribution in [-0.4, -0.2) is 54.1 Å². The van der Waals surface area contributed by atoms with E-state index in [0.717, 1.165) is 51.9 Å². The number of carbonyl (C=O) groups is 2. The molecule has 0 N–H and O–H groups in total. The fourth-order valence-corrected chi connectivity index (χ4v) is 5.60. The zero-order chi connectivity index (χ0) is 19.5. The molecule has 0 aromatic heterocycles. The fourth-order valence-electron chi connectivity index (χ4n) is 5.60. The molecule has 4 nitrogen and oxygen atoms in total. The third-order valence-corrected chi connectivity index (χ3v) is 7.39. The number of carbonyl (C=O) groups excluding carboxylic acids is 2. The molecule has 1 saturated carbocycles. The van der Waals surface area contributed by atoms with Crippen molar-refractivity contribution in [2.24, 2.45) is 17.8 Å². The molecule has 3 fully saturated rings. The number of rotatable bonds is 6. The molecule has 2 saturated heterocycles. The van der Waals surface area contributed by atoms with Gasteiger partial charge in [-0.05, 0) is 76.7 Å². The van der Waals surface area contributed by atoms with E-state index < -0.39 is 0 Å². The summed E-state index contributed by atoms with van der Waals surface area (Å²) in [5, 5.41) is 0. The van der Waals surface area contributed by atoms with Crippen molar-refractivity contribution in [2.75, 3.05) is 26.7 Å². The van der Waals surface area contributed by atoms with Crippen LogP contribution < -0.4 is 0 Å². The highest BCUT2D eigenvalue weighted by atomic mass is 16.2. The average Bonchev–Trinajstić information content (AvgIpc) is 3.06. The van der Waals surface area contributed by atoms with Crippen LogP contribution in [0.25, 0.3) is 0 Å². The van der Waals surface area contributed by atoms with Crippen LogP contribution in [0.5, 0.6) is 0 Å². The van der Waals surface area contributed by atoms with Crippen LogP contribution in [0, 0.1) is 17.8 Å². The van der Waals surface area contributed by atoms with E-state index in [2.05, 4.69) is 47.2 Å². The van der Waals surface area contributed by atoms with Gasteiger partial charge in [0.05, 0.1) is 5.92 Å². The summed E-state index contributed by atoms with van der Waals surface area (Å²) in [4.78, 5) is 30.4. The molecule has 1 aliphatic carbocycles. The molecular weight excluding hydrogens is 348 g/mol. The van der Waals surface area contributed by atoms with Crippen LogP contribution >= 0.6 is 0 Å². The zero-order valence-corrected chi connectivity index (χ0v) is 17.2. The van der Waals surface area contributed by atoms with Crippen LogP contribution in [0.4, 0.5) is 0 Å². The predicted molar refractivity (Wildman–Crippen MR) is 111 cm³/mol. The number of ketones is 2. The summed E-state index contributed by atoms with van der Waals surface area (Å²) < 4.78 is 0. The molecule has 1 aromatic rings. The van der Waals surface area contributed by atoms with Crippen molar-refractivity contribution < 1.29 is 9.59 Å². The molecular formula is C24H34N2O2. The molecule has 4 heteroatoms. The molecule has 28 heavy (non-hydrogen) atoms. The van der Waals surface area contributed by atoms with E-state index in [9.17, 15) is 9.59 Å². The molecule has 3 aliphatic rings. The Morgan fingerprint density at radius 1 is 1.07 bits per heavy atom. The van der Waals surface area contributed by atoms with Gasteiger partial charge in [0.25, 0.3) is 0 Å². The maximum atomic E-state index is 12.8. The smallest absolute Gasteiger partial charge is 0.148 e. The SMILES string of the molecule is CN1CCCC2C(=O)C(C(=O)CCC3CCN(Cc4ccccc4)CC3)CC21. The highest BCUT2D eigenvalue weighted by Gasteiger charge is 2.47. The molecule has 0 amide bonds. The van der Waals surface area contributed by atoms with Crippen molar-refractivity contribution in [1.29, 1.82) is 0 Å². The Balaban J connectivity index is 1.21. The molecule has 0 spiro atoms. The topological polar surface area (TPSA) is 40.6 Å². The van der Waals surface area contributed by atoms with Gasteiger partial charge < -0.3 is 4.90 Å². The number of benzene rings is 1. The summed E-state index contributed by atoms with van der Waals surface area (Å²) in [6.45, 7) is 4.33. The first-order chi connectivity index (χ1) is 13.6. The van der Waals surface area contributed by atoms with Gasteiger partial charge in [0, 0.05) is 24.9 Å². The number of piperidine rings is 2. The third kappa shape index (κ3) is 4.38. The number of fused-ring (bicyclic) bond motifs is 1. The first kappa shape index (κ1) is 19.8. The van der Waals surface area contributed by atoms with Gasteiger partial charge in [-0.3, -0.25) is 14.5 Å². The summed E-state index contributed by atoms with van der Waals surface area (Å²) >= 11 is 0. The van der Waals surface area contributed by atoms with Crippen LogP contribution in [0.2, 0.25) is 0 Å². The minimum absolute atomic E-state index is 0.119. The van der Waals surface area contributed by atoms with Crippen LogP contribution in [0.15, 0.2) is 30.3 Å². The van der Waals surface area contributed by atoms with E-state index >= 15 is 0 Å². The molecule has 0 bridgehead atoms. The van der Waals surface area contributed by atoms with E-state index in [1.165, 1.54) is 18.4 Å². The Hall–Kier alpha value is -1.52. The molecule has 3 atom stereocenters. The van der Waals surface area contributed by atoms with Gasteiger partial charge in [0.2, 0.25) is 0 Å². The predicted octanol–water partition coefficient (Wildman–Crippen LogP) is 3.55. The lowest BCUT2D eigenvalue weighted by Crippen LogP contribution is -2.41. The van der Waals surface area contributed by atoms with E-state index in [4.69, 9.17) is 0 Å². The largest absolute Gasteiger partial charge is 0.303 e. The second-order valence-corrected chi connectivity index (χ2v) is 9.20. The lowest BCUT2D eigenvalue weighted by molar-refractivity contribution is -0.133. The Morgan fingerprint density at radius 2 is 1.82 bits per heavy atom. The summed E-state index contributed by atoms with van der Waals surface area (Å²) in [5.41, 5.74) is 1.38. The molecule has 4 rings (SSSR count). The maximum absolute atomic E-state index is 12.8. The summed E-state index contributed by atoms with van der Waals surface area (Å²) in [6.07, 6.45) is 6.76. The van der Waals surface area contributed by atoms with Gasteiger partial charge in [-0.1, -0.05) is 30.3 Å². The Morgan fingerprint density at radius 3 is 2.54 bits per heavy atom. The molecule has 1 aromatic carbocycles. The number of likely N-dealkylation sites (tertiary alicyclic amines) is 2. The molecule has 3 unspecified atom stereocenters. The molecule has 152 valence electrons. The Kier molecular flexibility index (Phi) is 6.27. The monoisotopic (exact) mass is 382 g/mol. The lowest BCUT2D eigenvalue weighted by atomic mass is 9.87. The quantitative estimate of drug-likeness (QED) is 0.706. The Labute approximate surface area is 169 Å². The van der Waals surface area contributed by atoms with Crippen molar-refractivity contribution >= 4 is 11.6 Å². The first-order valence-corrected chi connectivity index (χ1v) is 11.1. The molecule has 0 radical (unpaired) electrons. The van der Waals surface area contributed by atoms with E-state index in [1.54, 1.807) is 0 Å². The van der Waals surface area contributed by atoms with E-state index in [-0.39, 0.29) is 23.4 Å². The standard InChI is InChI=1S/C24H34N2O2/c1-25-13-5-8-20-22(25)16-21(24(20)28)23(27)10-9-18-11-14-26(15-12-18)17-19-6-3-2-4-7-19/h2-4,6-7,18,20-22H,5,8-17H2,1H3. The second-order valence-electron chi connectivity index (χ2n) is 9.20. The lowest BCUT2D eigenvalue weighted by Gasteiger charge is -2.33. The summed E-state index contributed by atoms with van der Waals surface area (Å²) in [5.74, 6) is 0.916. The highest BCUT2D eigenvalue weighted by molar-refractivity contribution is 6.05. The normalized spacial score (nSPS) is 29.8. The van der Waals surface area contributed by atoms with Crippen LogP contribution in [0.1, 0.15) is 50.5 Å². The van der Waals surface area contributed by atoms with Gasteiger partial charge in [-0.25, -0.2) is 0 Å². The fraction of sp³-hybridized carbons (Fsp3) is 0.667. The highest BCUT2D eigenvalue weighted by Crippen LogP contribution is 2.38. The number of Topliss-reactive ketones (excluding diaryl/α,β-unsaturated/α-hetero) is 2. The first-order valence-electron chi connectivity index (χ1n) is 11.1. The number of nitrogens with zero attached hydrogens (tertiary/aromatic N) is 2. The van der Waals surface area contributed by atoms with Gasteiger partial charge >= 0.3 is 0 Å². The van der Waals surface area contributed by atoms with Crippen LogP contribution in [0.3, 0.4) is 0 Å². The average molecular weight is 383 g/mol. The molecule has 2 heterocycles. The van der Waals surface area contributed by atoms with Crippen molar-refractivity contribution in [1.82, 2.24) is 9.80 Å². The van der Waals surface area contributed by atoms with Crippen molar-refractivity contribution in [3.05, 3.63) is 35.9 Å². The minimum atomic E-state index is -0.311. The maximum Gasteiger partial charge on any atom is 0.148 e. The van der Waals surface area contributed by atoms with Gasteiger partial charge in [0.15, 0.2) is 0 Å². The van der Waals surface area contributed by atoms with Crippen molar-refractivity contribution in [3.8, 4) is 0 Å². The van der Waals surface area contributed by atoms with E-state index in [0.29, 0.717) is 18.4 Å². The van der Waals surface area contributed by atoms with Crippen molar-refractivity contribution in [2.45, 2.75) is 57.5 Å². The number of hydrogen-bond acceptors (Lipinski definition) is 4. The van der Waals surface area contributed by atoms with Crippen LogP contribution in [-0.2, 0) is 16.1 Å². The summed E-state index contributed by atoms with van der Waals surface area (Å²) in [6, 6.07) is 11.0. The minimum Gasteiger partial charge on any atom is -0.303 e. The zero-order valence-electron chi connectivity index (χ0n) is 17.2.